The molecule has 0 N–H and O–H groups in total. The molecule has 0 radical (unpaired) electrons. The third-order valence-electron chi connectivity index (χ3n) is 7.79. The maximum Gasteiger partial charge on any atom is 0.331 e. The monoisotopic (exact) mass is 593 g/mol. The third kappa shape index (κ3) is 6.04. The molecule has 0 saturated carbocycles. The predicted octanol–water partition coefficient (Wildman–Crippen LogP) is 6.38. The number of benzene rings is 3. The minimum atomic E-state index is -0.628. The molecule has 1 atom stereocenters. The van der Waals surface area contributed by atoms with Crippen LogP contribution >= 0.6 is 0 Å². The molecule has 44 heavy (non-hydrogen) atoms. The van der Waals surface area contributed by atoms with E-state index in [0.29, 0.717) is 28.9 Å². The molecule has 0 saturated heterocycles. The van der Waals surface area contributed by atoms with Crippen molar-refractivity contribution < 1.29 is 28.9 Å². The zero-order valence-corrected chi connectivity index (χ0v) is 25.5. The van der Waals surface area contributed by atoms with Crippen LogP contribution in [0.3, 0.4) is 0 Å². The number of oxime groups is 1. The number of amides is 1. The predicted molar refractivity (Wildman–Crippen MR) is 169 cm³/mol. The summed E-state index contributed by atoms with van der Waals surface area (Å²) in [5, 5.41) is 6.91. The first-order chi connectivity index (χ1) is 21.1. The molecule has 1 aromatic heterocycles. The van der Waals surface area contributed by atoms with Gasteiger partial charge in [0.2, 0.25) is 0 Å². The molecular formula is C35H35N3O6. The zero-order valence-electron chi connectivity index (χ0n) is 25.5. The number of hydroxylamine groups is 2. The van der Waals surface area contributed by atoms with E-state index in [1.165, 1.54) is 26.3 Å². The molecule has 1 heterocycles. The minimum Gasteiger partial charge on any atom is -0.341 e. The first-order valence-electron chi connectivity index (χ1n) is 14.7. The highest BCUT2D eigenvalue weighted by atomic mass is 16.7. The molecule has 9 heteroatoms. The van der Waals surface area contributed by atoms with Gasteiger partial charge in [-0.05, 0) is 68.1 Å². The van der Waals surface area contributed by atoms with Crippen molar-refractivity contribution in [3.63, 3.8) is 0 Å². The Balaban J connectivity index is 1.60. The van der Waals surface area contributed by atoms with Gasteiger partial charge < -0.3 is 14.2 Å². The number of allylic oxidation sites excluding steroid dienone is 1. The standard InChI is InChI=1S/C35H35N3O6/c1-6-37-33-16-14-26(32(36-43-23(4)40)18-21(2)38(22(3)39)44-24(5)41)19-30(33)31-20-27(15-17-34(31)37)35(42)29-13-9-11-25-10-7-8-12-28(25)29/h8-9,11-17,19-21H,6-7,10,18H2,1-5H3/b36-32+. The molecule has 0 fully saturated rings. The van der Waals surface area contributed by atoms with Crippen LogP contribution in [0.15, 0.2) is 65.8 Å². The van der Waals surface area contributed by atoms with Crippen LogP contribution in [0.25, 0.3) is 27.9 Å². The van der Waals surface area contributed by atoms with Crippen molar-refractivity contribution in [2.24, 2.45) is 5.16 Å². The molecule has 1 aliphatic rings. The Kier molecular flexibility index (Phi) is 8.76. The summed E-state index contributed by atoms with van der Waals surface area (Å²) in [6.07, 6.45) is 6.16. The molecule has 3 aromatic carbocycles. The van der Waals surface area contributed by atoms with Gasteiger partial charge in [0, 0.05) is 72.2 Å². The molecule has 5 rings (SSSR count). The van der Waals surface area contributed by atoms with Gasteiger partial charge in [-0.25, -0.2) is 4.79 Å². The zero-order chi connectivity index (χ0) is 31.5. The lowest BCUT2D eigenvalue weighted by Crippen LogP contribution is -2.39. The molecule has 0 aliphatic heterocycles. The number of hydrogen-bond acceptors (Lipinski definition) is 7. The van der Waals surface area contributed by atoms with Crippen LogP contribution in [0.4, 0.5) is 0 Å². The summed E-state index contributed by atoms with van der Waals surface area (Å²) in [5.41, 5.74) is 6.44. The second-order valence-electron chi connectivity index (χ2n) is 11.0. The number of carbonyl (C=O) groups excluding carboxylic acids is 4. The van der Waals surface area contributed by atoms with E-state index >= 15 is 0 Å². The van der Waals surface area contributed by atoms with E-state index in [1.54, 1.807) is 6.92 Å². The van der Waals surface area contributed by atoms with Crippen LogP contribution < -0.4 is 0 Å². The van der Waals surface area contributed by atoms with Crippen molar-refractivity contribution in [1.82, 2.24) is 9.63 Å². The number of hydrogen-bond donors (Lipinski definition) is 0. The van der Waals surface area contributed by atoms with Gasteiger partial charge >= 0.3 is 11.9 Å². The van der Waals surface area contributed by atoms with Crippen molar-refractivity contribution in [1.29, 1.82) is 0 Å². The van der Waals surface area contributed by atoms with Crippen LogP contribution in [0.5, 0.6) is 0 Å². The summed E-state index contributed by atoms with van der Waals surface area (Å²) in [7, 11) is 0. The van der Waals surface area contributed by atoms with Gasteiger partial charge in [-0.1, -0.05) is 41.6 Å². The van der Waals surface area contributed by atoms with E-state index in [2.05, 4.69) is 28.8 Å². The average molecular weight is 594 g/mol. The van der Waals surface area contributed by atoms with Crippen molar-refractivity contribution in [3.05, 3.63) is 88.5 Å². The van der Waals surface area contributed by atoms with Gasteiger partial charge in [0.05, 0.1) is 11.8 Å². The highest BCUT2D eigenvalue weighted by Crippen LogP contribution is 2.33. The Hall–Kier alpha value is -5.05. The van der Waals surface area contributed by atoms with E-state index in [4.69, 9.17) is 9.68 Å². The molecule has 1 aliphatic carbocycles. The quantitative estimate of drug-likeness (QED) is 0.102. The number of aromatic nitrogens is 1. The molecule has 4 aromatic rings. The van der Waals surface area contributed by atoms with Gasteiger partial charge in [0.25, 0.3) is 5.91 Å². The molecule has 9 nitrogen and oxygen atoms in total. The van der Waals surface area contributed by atoms with Crippen LogP contribution in [0, 0.1) is 0 Å². The van der Waals surface area contributed by atoms with E-state index in [-0.39, 0.29) is 12.2 Å². The second-order valence-corrected chi connectivity index (χ2v) is 11.0. The lowest BCUT2D eigenvalue weighted by molar-refractivity contribution is -0.202. The fourth-order valence-electron chi connectivity index (χ4n) is 5.88. The van der Waals surface area contributed by atoms with Crippen LogP contribution in [-0.4, -0.2) is 45.0 Å². The van der Waals surface area contributed by atoms with Gasteiger partial charge in [-0.15, -0.1) is 0 Å². The van der Waals surface area contributed by atoms with E-state index in [0.717, 1.165) is 45.3 Å². The van der Waals surface area contributed by atoms with E-state index < -0.39 is 23.9 Å². The molecule has 0 spiro atoms. The van der Waals surface area contributed by atoms with Gasteiger partial charge in [0.1, 0.15) is 0 Å². The second kappa shape index (κ2) is 12.7. The summed E-state index contributed by atoms with van der Waals surface area (Å²) < 4.78 is 2.18. The van der Waals surface area contributed by atoms with Crippen molar-refractivity contribution in [2.75, 3.05) is 0 Å². The fourth-order valence-corrected chi connectivity index (χ4v) is 5.88. The summed E-state index contributed by atoms with van der Waals surface area (Å²) in [5.74, 6) is -1.71. The number of ketones is 1. The van der Waals surface area contributed by atoms with Crippen molar-refractivity contribution in [3.8, 4) is 0 Å². The summed E-state index contributed by atoms with van der Waals surface area (Å²) >= 11 is 0. The van der Waals surface area contributed by atoms with Crippen LogP contribution in [-0.2, 0) is 37.0 Å². The van der Waals surface area contributed by atoms with Gasteiger partial charge in [-0.2, -0.15) is 5.06 Å². The summed E-state index contributed by atoms with van der Waals surface area (Å²) in [4.78, 5) is 59.5. The maximum absolute atomic E-state index is 13.8. The Labute approximate surface area is 255 Å². The first-order valence-corrected chi connectivity index (χ1v) is 14.7. The minimum absolute atomic E-state index is 0.0374. The highest BCUT2D eigenvalue weighted by Gasteiger charge is 2.24. The van der Waals surface area contributed by atoms with Crippen LogP contribution in [0.1, 0.15) is 80.1 Å². The first kappa shape index (κ1) is 30.4. The lowest BCUT2D eigenvalue weighted by Gasteiger charge is -2.26. The van der Waals surface area contributed by atoms with E-state index in [1.807, 2.05) is 54.6 Å². The molecular weight excluding hydrogens is 558 g/mol. The van der Waals surface area contributed by atoms with Crippen LogP contribution in [0.2, 0.25) is 0 Å². The fraction of sp³-hybridized carbons (Fsp3) is 0.286. The van der Waals surface area contributed by atoms with Crippen molar-refractivity contribution >= 4 is 57.2 Å². The number of fused-ring (bicyclic) bond motifs is 4. The number of rotatable bonds is 8. The Morgan fingerprint density at radius 2 is 1.61 bits per heavy atom. The molecule has 1 amide bonds. The van der Waals surface area contributed by atoms with E-state index in [9.17, 15) is 19.2 Å². The third-order valence-corrected chi connectivity index (χ3v) is 7.79. The van der Waals surface area contributed by atoms with Gasteiger partial charge in [0.15, 0.2) is 5.78 Å². The lowest BCUT2D eigenvalue weighted by atomic mass is 9.89. The van der Waals surface area contributed by atoms with Crippen molar-refractivity contribution in [2.45, 2.75) is 66.5 Å². The summed E-state index contributed by atoms with van der Waals surface area (Å²) in [6, 6.07) is 16.9. The maximum atomic E-state index is 13.8. The smallest absolute Gasteiger partial charge is 0.331 e. The largest absolute Gasteiger partial charge is 0.341 e. The van der Waals surface area contributed by atoms with Gasteiger partial charge in [-0.3, -0.25) is 14.4 Å². The topological polar surface area (TPSA) is 107 Å². The Morgan fingerprint density at radius 3 is 2.25 bits per heavy atom. The normalized spacial score (nSPS) is 13.4. The molecule has 1 unspecified atom stereocenters. The number of nitrogens with zero attached hydrogens (tertiary/aromatic N) is 3. The molecule has 226 valence electrons. The average Bonchev–Trinajstić information content (AvgIpc) is 3.32. The SMILES string of the molecule is CCn1c2ccc(C(=O)c3cccc4c3C=CCC4)cc2c2cc(/C(CC(C)N(OC(C)=O)C(C)=O)=N/OC(C)=O)ccc21. The summed E-state index contributed by atoms with van der Waals surface area (Å²) in [6.45, 7) is 8.26. The number of carbonyl (C=O) groups is 4. The highest BCUT2D eigenvalue weighted by molar-refractivity contribution is 6.17. The molecule has 0 bridgehead atoms. The Bertz CT molecular complexity index is 1870. The number of aryl methyl sites for hydroxylation is 2. The Morgan fingerprint density at radius 1 is 0.932 bits per heavy atom.